The highest BCUT2D eigenvalue weighted by atomic mass is 14.9. The molecule has 0 radical (unpaired) electrons. The summed E-state index contributed by atoms with van der Waals surface area (Å²) >= 11 is 0. The summed E-state index contributed by atoms with van der Waals surface area (Å²) in [6, 6.07) is 0. The smallest absolute Gasteiger partial charge is 0.126 e. The molecule has 0 atom stereocenters. The summed E-state index contributed by atoms with van der Waals surface area (Å²) in [5.74, 6) is 3.45. The molecule has 54 valence electrons. The third kappa shape index (κ3) is 3.03. The molecule has 10 heavy (non-hydrogen) atoms. The first-order chi connectivity index (χ1) is 4.72. The molecule has 0 rings (SSSR count). The summed E-state index contributed by atoms with van der Waals surface area (Å²) in [5.41, 5.74) is 0. The minimum absolute atomic E-state index is 0.342. The number of rotatable bonds is 1. The Balaban J connectivity index is 4.15. The van der Waals surface area contributed by atoms with Crippen LogP contribution in [0.2, 0.25) is 0 Å². The maximum Gasteiger partial charge on any atom is 0.126 e. The second kappa shape index (κ2) is 4.75. The van der Waals surface area contributed by atoms with Crippen LogP contribution >= 0.6 is 0 Å². The van der Waals surface area contributed by atoms with E-state index in [0.29, 0.717) is 5.92 Å². The van der Waals surface area contributed by atoms with Gasteiger partial charge in [-0.05, 0) is 0 Å². The van der Waals surface area contributed by atoms with Crippen LogP contribution in [0.3, 0.4) is 0 Å². The molecule has 2 heteroatoms. The van der Waals surface area contributed by atoms with Crippen molar-refractivity contribution in [3.63, 3.8) is 0 Å². The number of terminal acetylenes is 1. The molecule has 0 aromatic heterocycles. The van der Waals surface area contributed by atoms with E-state index in [2.05, 4.69) is 15.9 Å². The molecule has 0 aromatic carbocycles. The van der Waals surface area contributed by atoms with Crippen molar-refractivity contribution >= 4 is 12.1 Å². The number of nitrogens with zero attached hydrogens (tertiary/aromatic N) is 2. The molecule has 2 nitrogen and oxygen atoms in total. The van der Waals surface area contributed by atoms with Crippen molar-refractivity contribution in [2.45, 2.75) is 13.8 Å². The predicted octanol–water partition coefficient (Wildman–Crippen LogP) is 1.37. The van der Waals surface area contributed by atoms with Gasteiger partial charge in [-0.25, -0.2) is 4.99 Å². The van der Waals surface area contributed by atoms with Crippen LogP contribution < -0.4 is 0 Å². The van der Waals surface area contributed by atoms with Crippen molar-refractivity contribution in [1.82, 2.24) is 0 Å². The van der Waals surface area contributed by atoms with Gasteiger partial charge in [-0.2, -0.15) is 0 Å². The molecule has 0 heterocycles. The largest absolute Gasteiger partial charge is 0.274 e. The SMILES string of the molecule is C#CC=NC(=NC)C(C)C. The summed E-state index contributed by atoms with van der Waals surface area (Å²) in [6.07, 6.45) is 6.40. The first-order valence-corrected chi connectivity index (χ1v) is 3.17. The van der Waals surface area contributed by atoms with E-state index < -0.39 is 0 Å². The molecule has 0 saturated carbocycles. The maximum absolute atomic E-state index is 4.98. The van der Waals surface area contributed by atoms with Gasteiger partial charge in [-0.1, -0.05) is 19.8 Å². The Hall–Kier alpha value is -1.10. The summed E-state index contributed by atoms with van der Waals surface area (Å²) in [7, 11) is 1.71. The lowest BCUT2D eigenvalue weighted by Gasteiger charge is -2.00. The van der Waals surface area contributed by atoms with Crippen LogP contribution in [-0.2, 0) is 0 Å². The monoisotopic (exact) mass is 136 g/mol. The normalized spacial score (nSPS) is 12.5. The van der Waals surface area contributed by atoms with E-state index in [1.807, 2.05) is 13.8 Å². The molecule has 0 saturated heterocycles. The van der Waals surface area contributed by atoms with Crippen LogP contribution in [0.5, 0.6) is 0 Å². The van der Waals surface area contributed by atoms with Gasteiger partial charge in [0.1, 0.15) is 5.84 Å². The van der Waals surface area contributed by atoms with E-state index in [1.165, 1.54) is 6.21 Å². The van der Waals surface area contributed by atoms with Crippen molar-refractivity contribution in [1.29, 1.82) is 0 Å². The van der Waals surface area contributed by atoms with Gasteiger partial charge in [-0.3, -0.25) is 4.99 Å². The van der Waals surface area contributed by atoms with E-state index in [0.717, 1.165) is 5.84 Å². The van der Waals surface area contributed by atoms with Crippen LogP contribution in [0.25, 0.3) is 0 Å². The Bertz CT molecular complexity index is 182. The van der Waals surface area contributed by atoms with Gasteiger partial charge in [-0.15, -0.1) is 6.42 Å². The molecule has 0 bridgehead atoms. The average molecular weight is 136 g/mol. The minimum Gasteiger partial charge on any atom is -0.274 e. The highest BCUT2D eigenvalue weighted by Gasteiger charge is 1.98. The van der Waals surface area contributed by atoms with Gasteiger partial charge < -0.3 is 0 Å². The summed E-state index contributed by atoms with van der Waals surface area (Å²) < 4.78 is 0. The third-order valence-corrected chi connectivity index (χ3v) is 1.02. The fourth-order valence-electron chi connectivity index (χ4n) is 0.568. The topological polar surface area (TPSA) is 24.7 Å². The molecule has 0 aliphatic rings. The average Bonchev–Trinajstić information content (AvgIpc) is 1.89. The lowest BCUT2D eigenvalue weighted by molar-refractivity contribution is 0.870. The number of aliphatic imine (C=N–C) groups is 2. The zero-order valence-electron chi connectivity index (χ0n) is 6.63. The molecular weight excluding hydrogens is 124 g/mol. The Morgan fingerprint density at radius 3 is 2.50 bits per heavy atom. The Morgan fingerprint density at radius 1 is 1.60 bits per heavy atom. The molecule has 0 amide bonds. The fourth-order valence-corrected chi connectivity index (χ4v) is 0.568. The molecule has 0 aliphatic heterocycles. The van der Waals surface area contributed by atoms with Crippen LogP contribution in [0.4, 0.5) is 0 Å². The molecular formula is C8H12N2. The quantitative estimate of drug-likeness (QED) is 0.295. The van der Waals surface area contributed by atoms with E-state index >= 15 is 0 Å². The summed E-state index contributed by atoms with van der Waals surface area (Å²) in [4.78, 5) is 7.90. The van der Waals surface area contributed by atoms with Gasteiger partial charge in [0.15, 0.2) is 0 Å². The lowest BCUT2D eigenvalue weighted by Crippen LogP contribution is -2.03. The van der Waals surface area contributed by atoms with E-state index in [-0.39, 0.29) is 0 Å². The van der Waals surface area contributed by atoms with Gasteiger partial charge in [0.05, 0.1) is 6.21 Å². The molecule has 0 unspecified atom stereocenters. The number of hydrogen-bond acceptors (Lipinski definition) is 1. The van der Waals surface area contributed by atoms with Crippen molar-refractivity contribution < 1.29 is 0 Å². The van der Waals surface area contributed by atoms with Gasteiger partial charge in [0, 0.05) is 13.0 Å². The van der Waals surface area contributed by atoms with Crippen LogP contribution in [-0.4, -0.2) is 19.1 Å². The number of hydrogen-bond donors (Lipinski definition) is 0. The minimum atomic E-state index is 0.342. The van der Waals surface area contributed by atoms with Gasteiger partial charge in [0.25, 0.3) is 0 Å². The van der Waals surface area contributed by atoms with Crippen molar-refractivity contribution in [3.05, 3.63) is 0 Å². The fraction of sp³-hybridized carbons (Fsp3) is 0.500. The van der Waals surface area contributed by atoms with Crippen molar-refractivity contribution in [3.8, 4) is 12.3 Å². The first-order valence-electron chi connectivity index (χ1n) is 3.17. The highest BCUT2D eigenvalue weighted by molar-refractivity contribution is 5.95. The second-order valence-electron chi connectivity index (χ2n) is 2.16. The number of amidine groups is 1. The Kier molecular flexibility index (Phi) is 4.23. The van der Waals surface area contributed by atoms with Gasteiger partial charge >= 0.3 is 0 Å². The highest BCUT2D eigenvalue weighted by Crippen LogP contribution is 1.96. The zero-order valence-corrected chi connectivity index (χ0v) is 6.63. The standard InChI is InChI=1S/C8H12N2/c1-5-6-10-8(9-4)7(2)3/h1,6-7H,2-4H3. The van der Waals surface area contributed by atoms with Crippen molar-refractivity contribution in [2.75, 3.05) is 7.05 Å². The van der Waals surface area contributed by atoms with Gasteiger partial charge in [0.2, 0.25) is 0 Å². The lowest BCUT2D eigenvalue weighted by atomic mass is 10.2. The Labute approximate surface area is 62.1 Å². The van der Waals surface area contributed by atoms with E-state index in [9.17, 15) is 0 Å². The predicted molar refractivity (Wildman–Crippen MR) is 45.5 cm³/mol. The van der Waals surface area contributed by atoms with Crippen LogP contribution in [0, 0.1) is 18.3 Å². The second-order valence-corrected chi connectivity index (χ2v) is 2.16. The third-order valence-electron chi connectivity index (χ3n) is 1.02. The zero-order chi connectivity index (χ0) is 7.98. The summed E-state index contributed by atoms with van der Waals surface area (Å²) in [5, 5.41) is 0. The van der Waals surface area contributed by atoms with Crippen molar-refractivity contribution in [2.24, 2.45) is 15.9 Å². The van der Waals surface area contributed by atoms with E-state index in [4.69, 9.17) is 6.42 Å². The molecule has 0 spiro atoms. The maximum atomic E-state index is 4.98. The first kappa shape index (κ1) is 8.90. The Morgan fingerprint density at radius 2 is 2.20 bits per heavy atom. The molecule has 0 aromatic rings. The summed E-state index contributed by atoms with van der Waals surface area (Å²) in [6.45, 7) is 4.05. The van der Waals surface area contributed by atoms with E-state index in [1.54, 1.807) is 7.05 Å². The van der Waals surface area contributed by atoms with Crippen LogP contribution in [0.1, 0.15) is 13.8 Å². The molecule has 0 aliphatic carbocycles. The van der Waals surface area contributed by atoms with Crippen LogP contribution in [0.15, 0.2) is 9.98 Å². The molecule has 0 N–H and O–H groups in total. The molecule has 0 fully saturated rings.